The Hall–Kier alpha value is -3.74. The molecule has 0 saturated carbocycles. The van der Waals surface area contributed by atoms with Gasteiger partial charge in [-0.25, -0.2) is 5.01 Å². The van der Waals surface area contributed by atoms with Crippen LogP contribution in [0.2, 0.25) is 0 Å². The Balaban J connectivity index is 1.61. The maximum Gasteiger partial charge on any atom is 0.215 e. The number of methoxy groups -OCH3 is 2. The topological polar surface area (TPSA) is 76.4 Å². The fourth-order valence-electron chi connectivity index (χ4n) is 4.02. The fraction of sp³-hybridized carbons (Fsp3) is 0.217. The molecule has 3 heterocycles. The Labute approximate surface area is 174 Å². The van der Waals surface area contributed by atoms with Crippen molar-refractivity contribution in [1.82, 2.24) is 9.99 Å². The average molecular weight is 403 g/mol. The van der Waals surface area contributed by atoms with Gasteiger partial charge in [0.05, 0.1) is 26.0 Å². The first kappa shape index (κ1) is 18.3. The molecule has 2 atom stereocenters. The highest BCUT2D eigenvalue weighted by atomic mass is 16.5. The summed E-state index contributed by atoms with van der Waals surface area (Å²) < 4.78 is 17.2. The lowest BCUT2D eigenvalue weighted by Gasteiger charge is -2.38. The molecule has 1 aromatic heterocycles. The van der Waals surface area contributed by atoms with Crippen molar-refractivity contribution in [3.05, 3.63) is 77.6 Å². The predicted molar refractivity (Wildman–Crippen MR) is 111 cm³/mol. The number of pyridine rings is 1. The van der Waals surface area contributed by atoms with E-state index in [1.807, 2.05) is 41.4 Å². The van der Waals surface area contributed by atoms with Crippen LogP contribution in [0.25, 0.3) is 0 Å². The third-order valence-corrected chi connectivity index (χ3v) is 5.48. The number of phenols is 1. The van der Waals surface area contributed by atoms with Crippen molar-refractivity contribution in [2.24, 2.45) is 5.10 Å². The number of fused-ring (bicyclic) bond motifs is 3. The molecule has 0 fully saturated rings. The molecule has 5 rings (SSSR count). The van der Waals surface area contributed by atoms with Gasteiger partial charge in [-0.1, -0.05) is 18.2 Å². The number of benzene rings is 2. The molecule has 2 aromatic carbocycles. The number of hydrazone groups is 1. The van der Waals surface area contributed by atoms with E-state index in [2.05, 4.69) is 4.98 Å². The monoisotopic (exact) mass is 403 g/mol. The number of hydrogen-bond donors (Lipinski definition) is 1. The van der Waals surface area contributed by atoms with E-state index in [1.54, 1.807) is 31.6 Å². The van der Waals surface area contributed by atoms with Crippen LogP contribution in [0.3, 0.4) is 0 Å². The van der Waals surface area contributed by atoms with Gasteiger partial charge in [0.15, 0.2) is 23.0 Å². The van der Waals surface area contributed by atoms with Crippen molar-refractivity contribution in [2.45, 2.75) is 18.7 Å². The van der Waals surface area contributed by atoms with Crippen LogP contribution >= 0.6 is 0 Å². The van der Waals surface area contributed by atoms with E-state index in [9.17, 15) is 5.11 Å². The van der Waals surface area contributed by atoms with Gasteiger partial charge in [0, 0.05) is 35.5 Å². The largest absolute Gasteiger partial charge is 0.504 e. The lowest BCUT2D eigenvalue weighted by molar-refractivity contribution is -0.0211. The molecule has 0 aliphatic carbocycles. The third-order valence-electron chi connectivity index (χ3n) is 5.48. The zero-order valence-corrected chi connectivity index (χ0v) is 16.6. The van der Waals surface area contributed by atoms with E-state index in [0.29, 0.717) is 17.9 Å². The second-order valence-corrected chi connectivity index (χ2v) is 7.17. The molecule has 152 valence electrons. The van der Waals surface area contributed by atoms with Gasteiger partial charge >= 0.3 is 0 Å². The van der Waals surface area contributed by atoms with E-state index in [-0.39, 0.29) is 11.8 Å². The number of para-hydroxylation sites is 1. The van der Waals surface area contributed by atoms with E-state index in [4.69, 9.17) is 19.3 Å². The highest BCUT2D eigenvalue weighted by Gasteiger charge is 2.42. The lowest BCUT2D eigenvalue weighted by atomic mass is 9.95. The zero-order chi connectivity index (χ0) is 20.7. The summed E-state index contributed by atoms with van der Waals surface area (Å²) in [4.78, 5) is 4.25. The molecule has 0 amide bonds. The van der Waals surface area contributed by atoms with Crippen molar-refractivity contribution in [3.8, 4) is 23.0 Å². The minimum atomic E-state index is -0.427. The first-order chi connectivity index (χ1) is 14.7. The second kappa shape index (κ2) is 7.26. The summed E-state index contributed by atoms with van der Waals surface area (Å²) >= 11 is 0. The van der Waals surface area contributed by atoms with Crippen LogP contribution in [0.15, 0.2) is 66.0 Å². The van der Waals surface area contributed by atoms with E-state index in [0.717, 1.165) is 28.2 Å². The molecule has 7 nitrogen and oxygen atoms in total. The van der Waals surface area contributed by atoms with Crippen LogP contribution in [0, 0.1) is 0 Å². The normalized spacial score (nSPS) is 19.4. The lowest BCUT2D eigenvalue weighted by Crippen LogP contribution is -2.33. The molecular weight excluding hydrogens is 382 g/mol. The van der Waals surface area contributed by atoms with Crippen molar-refractivity contribution < 1.29 is 19.3 Å². The maximum atomic E-state index is 9.95. The molecule has 3 aromatic rings. The number of rotatable bonds is 4. The van der Waals surface area contributed by atoms with Crippen LogP contribution in [0.1, 0.15) is 35.4 Å². The Morgan fingerprint density at radius 1 is 1.07 bits per heavy atom. The number of ether oxygens (including phenoxy) is 3. The van der Waals surface area contributed by atoms with Gasteiger partial charge in [-0.3, -0.25) is 4.98 Å². The van der Waals surface area contributed by atoms with Crippen LogP contribution in [-0.4, -0.2) is 35.0 Å². The summed E-state index contributed by atoms with van der Waals surface area (Å²) in [7, 11) is 3.18. The number of aromatic nitrogens is 1. The van der Waals surface area contributed by atoms with Gasteiger partial charge in [-0.2, -0.15) is 5.10 Å². The molecule has 0 bridgehead atoms. The van der Waals surface area contributed by atoms with E-state index < -0.39 is 6.23 Å². The predicted octanol–water partition coefficient (Wildman–Crippen LogP) is 4.05. The Morgan fingerprint density at radius 2 is 1.93 bits per heavy atom. The number of hydrogen-bond acceptors (Lipinski definition) is 7. The quantitative estimate of drug-likeness (QED) is 0.708. The standard InChI is InChI=1S/C23H21N3O4/c1-28-20-7-3-6-16-18-12-17(14-8-9-19(27)21(11-14)29-2)25-26(18)23(30-22(16)20)15-5-4-10-24-13-15/h3-11,13,18,23,27H,12H2,1-2H3/t18-,23-/m0/s1. The summed E-state index contributed by atoms with van der Waals surface area (Å²) in [6.45, 7) is 0. The number of phenolic OH excluding ortho intramolecular Hbond substituents is 1. The zero-order valence-electron chi connectivity index (χ0n) is 16.6. The SMILES string of the molecule is COc1cc(C2=NN3[C@@H](C2)c2cccc(OC)c2O[C@H]3c2cccnc2)ccc1O. The van der Waals surface area contributed by atoms with Gasteiger partial charge in [-0.15, -0.1) is 0 Å². The highest BCUT2D eigenvalue weighted by Crippen LogP contribution is 2.50. The summed E-state index contributed by atoms with van der Waals surface area (Å²) in [5, 5.41) is 16.8. The van der Waals surface area contributed by atoms with Gasteiger partial charge in [-0.05, 0) is 30.3 Å². The van der Waals surface area contributed by atoms with Crippen LogP contribution < -0.4 is 14.2 Å². The van der Waals surface area contributed by atoms with Crippen LogP contribution in [0.4, 0.5) is 0 Å². The van der Waals surface area contributed by atoms with Crippen molar-refractivity contribution >= 4 is 5.71 Å². The second-order valence-electron chi connectivity index (χ2n) is 7.17. The molecule has 0 unspecified atom stereocenters. The number of aromatic hydroxyl groups is 1. The molecule has 1 N–H and O–H groups in total. The molecule has 0 spiro atoms. The molecule has 0 radical (unpaired) electrons. The average Bonchev–Trinajstić information content (AvgIpc) is 3.24. The molecule has 2 aliphatic rings. The maximum absolute atomic E-state index is 9.95. The molecular formula is C23H21N3O4. The van der Waals surface area contributed by atoms with E-state index >= 15 is 0 Å². The Bertz CT molecular complexity index is 1120. The van der Waals surface area contributed by atoms with Gasteiger partial charge < -0.3 is 19.3 Å². The van der Waals surface area contributed by atoms with Crippen LogP contribution in [0.5, 0.6) is 23.0 Å². The van der Waals surface area contributed by atoms with Crippen molar-refractivity contribution in [2.75, 3.05) is 14.2 Å². The fourth-order valence-corrected chi connectivity index (χ4v) is 4.02. The smallest absolute Gasteiger partial charge is 0.215 e. The Morgan fingerprint density at radius 3 is 2.70 bits per heavy atom. The highest BCUT2D eigenvalue weighted by molar-refractivity contribution is 6.02. The van der Waals surface area contributed by atoms with E-state index in [1.165, 1.54) is 7.11 Å². The van der Waals surface area contributed by atoms with Gasteiger partial charge in [0.25, 0.3) is 0 Å². The summed E-state index contributed by atoms with van der Waals surface area (Å²) in [6, 6.07) is 15.0. The van der Waals surface area contributed by atoms with Crippen molar-refractivity contribution in [1.29, 1.82) is 0 Å². The molecule has 2 aliphatic heterocycles. The first-order valence-corrected chi connectivity index (χ1v) is 9.66. The van der Waals surface area contributed by atoms with Crippen molar-refractivity contribution in [3.63, 3.8) is 0 Å². The molecule has 0 saturated heterocycles. The number of nitrogens with zero attached hydrogens (tertiary/aromatic N) is 3. The first-order valence-electron chi connectivity index (χ1n) is 9.66. The Kier molecular flexibility index (Phi) is 4.43. The summed E-state index contributed by atoms with van der Waals surface area (Å²) in [6.07, 6.45) is 3.79. The van der Waals surface area contributed by atoms with Gasteiger partial charge in [0.2, 0.25) is 6.23 Å². The third kappa shape index (κ3) is 2.90. The minimum Gasteiger partial charge on any atom is -0.504 e. The summed E-state index contributed by atoms with van der Waals surface area (Å²) in [5.74, 6) is 1.95. The minimum absolute atomic E-state index is 0.0103. The molecule has 7 heteroatoms. The summed E-state index contributed by atoms with van der Waals surface area (Å²) in [5.41, 5.74) is 3.73. The van der Waals surface area contributed by atoms with Crippen LogP contribution in [-0.2, 0) is 0 Å². The van der Waals surface area contributed by atoms with Gasteiger partial charge in [0.1, 0.15) is 0 Å². The molecule has 30 heavy (non-hydrogen) atoms.